The van der Waals surface area contributed by atoms with Crippen LogP contribution >= 0.6 is 27.7 Å². The summed E-state index contributed by atoms with van der Waals surface area (Å²) in [5, 5.41) is 0.765. The van der Waals surface area contributed by atoms with Gasteiger partial charge in [0.25, 0.3) is 0 Å². The SMILES string of the molecule is CC1CCCC(SCc2cc(F)cc(Br)c2)C1. The molecule has 0 aliphatic heterocycles. The van der Waals surface area contributed by atoms with Crippen molar-refractivity contribution < 1.29 is 4.39 Å². The lowest BCUT2D eigenvalue weighted by molar-refractivity contribution is 0.394. The van der Waals surface area contributed by atoms with Gasteiger partial charge >= 0.3 is 0 Å². The lowest BCUT2D eigenvalue weighted by atomic mass is 9.91. The summed E-state index contributed by atoms with van der Waals surface area (Å²) in [6, 6.07) is 5.17. The summed E-state index contributed by atoms with van der Waals surface area (Å²) in [6.07, 6.45) is 5.38. The van der Waals surface area contributed by atoms with E-state index >= 15 is 0 Å². The van der Waals surface area contributed by atoms with Crippen LogP contribution in [0.15, 0.2) is 22.7 Å². The van der Waals surface area contributed by atoms with Crippen molar-refractivity contribution in [3.8, 4) is 0 Å². The van der Waals surface area contributed by atoms with Crippen LogP contribution in [0.25, 0.3) is 0 Å². The molecule has 0 N–H and O–H groups in total. The highest BCUT2D eigenvalue weighted by molar-refractivity contribution is 9.10. The summed E-state index contributed by atoms with van der Waals surface area (Å²) < 4.78 is 14.1. The number of thioether (sulfide) groups is 1. The Balaban J connectivity index is 1.88. The topological polar surface area (TPSA) is 0 Å². The van der Waals surface area contributed by atoms with Crippen LogP contribution in [0.3, 0.4) is 0 Å². The van der Waals surface area contributed by atoms with Crippen LogP contribution in [0.2, 0.25) is 0 Å². The first kappa shape index (κ1) is 13.4. The molecule has 0 amide bonds. The van der Waals surface area contributed by atoms with Crippen molar-refractivity contribution in [1.29, 1.82) is 0 Å². The van der Waals surface area contributed by atoms with E-state index in [1.54, 1.807) is 6.07 Å². The molecule has 94 valence electrons. The van der Waals surface area contributed by atoms with Crippen LogP contribution < -0.4 is 0 Å². The lowest BCUT2D eigenvalue weighted by Crippen LogP contribution is -2.15. The summed E-state index contributed by atoms with van der Waals surface area (Å²) in [5.74, 6) is 1.64. The van der Waals surface area contributed by atoms with Crippen molar-refractivity contribution >= 4 is 27.7 Å². The molecule has 0 nitrogen and oxygen atoms in total. The molecule has 1 aromatic carbocycles. The first-order valence-electron chi connectivity index (χ1n) is 6.20. The first-order valence-corrected chi connectivity index (χ1v) is 8.04. The second kappa shape index (κ2) is 6.24. The highest BCUT2D eigenvalue weighted by Gasteiger charge is 2.19. The molecular formula is C14H18BrFS. The third-order valence-electron chi connectivity index (χ3n) is 3.30. The second-order valence-electron chi connectivity index (χ2n) is 4.98. The smallest absolute Gasteiger partial charge is 0.124 e. The van der Waals surface area contributed by atoms with Gasteiger partial charge in [0.15, 0.2) is 0 Å². The van der Waals surface area contributed by atoms with Crippen LogP contribution in [0.4, 0.5) is 4.39 Å². The molecule has 2 unspecified atom stereocenters. The standard InChI is InChI=1S/C14H18BrFS/c1-10-3-2-4-14(5-10)17-9-11-6-12(15)8-13(16)7-11/h6-8,10,14H,2-5,9H2,1H3. The van der Waals surface area contributed by atoms with Crippen LogP contribution in [0, 0.1) is 11.7 Å². The van der Waals surface area contributed by atoms with E-state index in [2.05, 4.69) is 22.9 Å². The van der Waals surface area contributed by atoms with Crippen LogP contribution in [0.1, 0.15) is 38.2 Å². The predicted octanol–water partition coefficient (Wildman–Crippen LogP) is 5.40. The quantitative estimate of drug-likeness (QED) is 0.719. The van der Waals surface area contributed by atoms with Gasteiger partial charge in [-0.2, -0.15) is 11.8 Å². The molecule has 0 heterocycles. The Morgan fingerprint density at radius 2 is 2.18 bits per heavy atom. The van der Waals surface area contributed by atoms with Crippen LogP contribution in [0.5, 0.6) is 0 Å². The van der Waals surface area contributed by atoms with Gasteiger partial charge in [-0.1, -0.05) is 35.7 Å². The highest BCUT2D eigenvalue weighted by atomic mass is 79.9. The predicted molar refractivity (Wildman–Crippen MR) is 76.8 cm³/mol. The van der Waals surface area contributed by atoms with Gasteiger partial charge < -0.3 is 0 Å². The van der Waals surface area contributed by atoms with Gasteiger partial charge in [-0.15, -0.1) is 0 Å². The molecule has 3 heteroatoms. The molecule has 1 aliphatic carbocycles. The minimum absolute atomic E-state index is 0.146. The first-order chi connectivity index (χ1) is 8.13. The molecule has 0 saturated heterocycles. The summed E-state index contributed by atoms with van der Waals surface area (Å²) >= 11 is 5.32. The summed E-state index contributed by atoms with van der Waals surface area (Å²) in [6.45, 7) is 2.34. The normalized spacial score (nSPS) is 24.9. The highest BCUT2D eigenvalue weighted by Crippen LogP contribution is 2.33. The number of hydrogen-bond acceptors (Lipinski definition) is 1. The average molecular weight is 317 g/mol. The zero-order valence-electron chi connectivity index (χ0n) is 10.1. The summed E-state index contributed by atoms with van der Waals surface area (Å²) in [4.78, 5) is 0. The molecule has 2 rings (SSSR count). The van der Waals surface area contributed by atoms with Gasteiger partial charge in [-0.05, 0) is 42.5 Å². The fourth-order valence-electron chi connectivity index (χ4n) is 2.44. The number of rotatable bonds is 3. The molecule has 0 aromatic heterocycles. The minimum Gasteiger partial charge on any atom is -0.207 e. The van der Waals surface area contributed by atoms with Crippen molar-refractivity contribution in [2.45, 2.75) is 43.6 Å². The molecule has 17 heavy (non-hydrogen) atoms. The van der Waals surface area contributed by atoms with E-state index in [0.29, 0.717) is 0 Å². The number of benzene rings is 1. The molecule has 1 saturated carbocycles. The van der Waals surface area contributed by atoms with Crippen molar-refractivity contribution in [3.05, 3.63) is 34.1 Å². The second-order valence-corrected chi connectivity index (χ2v) is 7.19. The average Bonchev–Trinajstić information content (AvgIpc) is 2.25. The molecule has 1 aromatic rings. The zero-order valence-corrected chi connectivity index (χ0v) is 12.5. The van der Waals surface area contributed by atoms with E-state index in [1.807, 2.05) is 17.8 Å². The van der Waals surface area contributed by atoms with Gasteiger partial charge in [0.2, 0.25) is 0 Å². The fourth-order valence-corrected chi connectivity index (χ4v) is 4.34. The maximum absolute atomic E-state index is 13.2. The molecule has 0 bridgehead atoms. The van der Waals surface area contributed by atoms with Gasteiger partial charge in [-0.3, -0.25) is 0 Å². The Morgan fingerprint density at radius 3 is 2.88 bits per heavy atom. The van der Waals surface area contributed by atoms with E-state index in [4.69, 9.17) is 0 Å². The summed E-state index contributed by atoms with van der Waals surface area (Å²) in [5.41, 5.74) is 1.08. The zero-order chi connectivity index (χ0) is 12.3. The van der Waals surface area contributed by atoms with Crippen molar-refractivity contribution in [2.24, 2.45) is 5.92 Å². The van der Waals surface area contributed by atoms with E-state index in [9.17, 15) is 4.39 Å². The molecular weight excluding hydrogens is 299 g/mol. The Hall–Kier alpha value is -0.0200. The monoisotopic (exact) mass is 316 g/mol. The Bertz CT molecular complexity index is 360. The maximum Gasteiger partial charge on any atom is 0.124 e. The molecule has 1 aliphatic rings. The van der Waals surface area contributed by atoms with E-state index < -0.39 is 0 Å². The molecule has 1 fully saturated rings. The van der Waals surface area contributed by atoms with Crippen LogP contribution in [-0.4, -0.2) is 5.25 Å². The van der Waals surface area contributed by atoms with Crippen molar-refractivity contribution in [1.82, 2.24) is 0 Å². The molecule has 2 atom stereocenters. The Kier molecular flexibility index (Phi) is 4.92. The van der Waals surface area contributed by atoms with E-state index in [0.717, 1.165) is 27.0 Å². The van der Waals surface area contributed by atoms with Gasteiger partial charge in [0, 0.05) is 15.5 Å². The van der Waals surface area contributed by atoms with Gasteiger partial charge in [0.1, 0.15) is 5.82 Å². The molecule has 0 radical (unpaired) electrons. The Morgan fingerprint density at radius 1 is 1.35 bits per heavy atom. The van der Waals surface area contributed by atoms with E-state index in [1.165, 1.54) is 31.7 Å². The minimum atomic E-state index is -0.146. The largest absolute Gasteiger partial charge is 0.207 e. The maximum atomic E-state index is 13.2. The summed E-state index contributed by atoms with van der Waals surface area (Å²) in [7, 11) is 0. The van der Waals surface area contributed by atoms with Crippen molar-refractivity contribution in [2.75, 3.05) is 0 Å². The van der Waals surface area contributed by atoms with Gasteiger partial charge in [-0.25, -0.2) is 4.39 Å². The van der Waals surface area contributed by atoms with Crippen LogP contribution in [-0.2, 0) is 5.75 Å². The van der Waals surface area contributed by atoms with E-state index in [-0.39, 0.29) is 5.82 Å². The molecule has 0 spiro atoms. The lowest BCUT2D eigenvalue weighted by Gasteiger charge is -2.26. The third kappa shape index (κ3) is 4.29. The van der Waals surface area contributed by atoms with Gasteiger partial charge in [0.05, 0.1) is 0 Å². The fraction of sp³-hybridized carbons (Fsp3) is 0.571. The number of hydrogen-bond donors (Lipinski definition) is 0. The Labute approximate surface area is 116 Å². The number of halogens is 2. The van der Waals surface area contributed by atoms with Crippen molar-refractivity contribution in [3.63, 3.8) is 0 Å². The third-order valence-corrected chi connectivity index (χ3v) is 5.15.